The molecule has 0 spiro atoms. The minimum atomic E-state index is -0.377. The highest BCUT2D eigenvalue weighted by atomic mass is 35.5. The second-order valence-electron chi connectivity index (χ2n) is 7.71. The highest BCUT2D eigenvalue weighted by Crippen LogP contribution is 2.20. The van der Waals surface area contributed by atoms with Crippen molar-refractivity contribution in [1.29, 1.82) is 0 Å². The van der Waals surface area contributed by atoms with E-state index in [4.69, 9.17) is 16.1 Å². The van der Waals surface area contributed by atoms with E-state index in [1.165, 1.54) is 9.13 Å². The predicted molar refractivity (Wildman–Crippen MR) is 126 cm³/mol. The molecular weight excluding hydrogens is 460 g/mol. The number of hydrogen-bond acceptors (Lipinski definition) is 7. The quantitative estimate of drug-likeness (QED) is 0.379. The molecule has 174 valence electrons. The smallest absolute Gasteiger partial charge is 0.332 e. The van der Waals surface area contributed by atoms with Gasteiger partial charge >= 0.3 is 5.69 Å². The number of halogens is 1. The summed E-state index contributed by atoms with van der Waals surface area (Å²) in [5.41, 5.74) is 1.34. The Kier molecular flexibility index (Phi) is 5.62. The zero-order chi connectivity index (χ0) is 23.8. The lowest BCUT2D eigenvalue weighted by atomic mass is 10.2. The molecule has 0 amide bonds. The lowest BCUT2D eigenvalue weighted by Gasteiger charge is -2.07. The van der Waals surface area contributed by atoms with Gasteiger partial charge in [-0.1, -0.05) is 23.7 Å². The number of nitrogens with zero attached hydrogens (tertiary/aromatic N) is 7. The molecule has 0 saturated carbocycles. The lowest BCUT2D eigenvalue weighted by molar-refractivity contribution is 0.366. The molecule has 1 N–H and O–H groups in total. The zero-order valence-corrected chi connectivity index (χ0v) is 19.3. The van der Waals surface area contributed by atoms with E-state index in [9.17, 15) is 9.59 Å². The van der Waals surface area contributed by atoms with Gasteiger partial charge in [0.15, 0.2) is 5.65 Å². The molecule has 0 atom stereocenters. The summed E-state index contributed by atoms with van der Waals surface area (Å²) in [5, 5.41) is 8.98. The summed E-state index contributed by atoms with van der Waals surface area (Å²) >= 11 is 5.93. The molecule has 0 fully saturated rings. The van der Waals surface area contributed by atoms with E-state index in [0.29, 0.717) is 58.8 Å². The van der Waals surface area contributed by atoms with Crippen LogP contribution in [0.15, 0.2) is 50.8 Å². The highest BCUT2D eigenvalue weighted by molar-refractivity contribution is 6.30. The first kappa shape index (κ1) is 21.8. The van der Waals surface area contributed by atoms with Crippen LogP contribution in [0, 0.1) is 0 Å². The van der Waals surface area contributed by atoms with Crippen molar-refractivity contribution in [2.24, 2.45) is 0 Å². The first-order valence-corrected chi connectivity index (χ1v) is 11.2. The molecule has 4 aromatic heterocycles. The third-order valence-corrected chi connectivity index (χ3v) is 5.65. The summed E-state index contributed by atoms with van der Waals surface area (Å²) in [4.78, 5) is 37.6. The fourth-order valence-electron chi connectivity index (χ4n) is 3.76. The van der Waals surface area contributed by atoms with Crippen molar-refractivity contribution in [1.82, 2.24) is 39.0 Å². The van der Waals surface area contributed by atoms with Crippen LogP contribution in [0.4, 0.5) is 0 Å². The predicted octanol–water partition coefficient (Wildman–Crippen LogP) is 2.93. The van der Waals surface area contributed by atoms with Gasteiger partial charge in [0.05, 0.1) is 11.8 Å². The average Bonchev–Trinajstić information content (AvgIpc) is 3.58. The number of aromatic amines is 1. The molecule has 0 saturated heterocycles. The number of fused-ring (bicyclic) bond motifs is 1. The number of benzene rings is 1. The van der Waals surface area contributed by atoms with Crippen LogP contribution in [-0.4, -0.2) is 39.0 Å². The average molecular weight is 481 g/mol. The molecule has 11 nitrogen and oxygen atoms in total. The number of nitrogens with one attached hydrogen (secondary N) is 1. The summed E-state index contributed by atoms with van der Waals surface area (Å²) in [6, 6.07) is 7.15. The maximum absolute atomic E-state index is 12.9. The first-order valence-electron chi connectivity index (χ1n) is 10.8. The molecule has 5 aromatic rings. The van der Waals surface area contributed by atoms with Gasteiger partial charge in [0, 0.05) is 29.9 Å². The topological polar surface area (TPSA) is 129 Å². The van der Waals surface area contributed by atoms with E-state index in [0.717, 1.165) is 5.56 Å². The first-order chi connectivity index (χ1) is 16.5. The highest BCUT2D eigenvalue weighted by Gasteiger charge is 2.18. The van der Waals surface area contributed by atoms with Crippen LogP contribution in [0.2, 0.25) is 5.02 Å². The van der Waals surface area contributed by atoms with Crippen molar-refractivity contribution in [2.45, 2.75) is 39.9 Å². The molecule has 0 aliphatic carbocycles. The maximum Gasteiger partial charge on any atom is 0.332 e. The molecule has 4 heterocycles. The summed E-state index contributed by atoms with van der Waals surface area (Å²) in [7, 11) is 0. The van der Waals surface area contributed by atoms with E-state index < -0.39 is 0 Å². The Morgan fingerprint density at radius 3 is 2.59 bits per heavy atom. The van der Waals surface area contributed by atoms with Crippen molar-refractivity contribution in [3.63, 3.8) is 0 Å². The van der Waals surface area contributed by atoms with Gasteiger partial charge < -0.3 is 9.51 Å². The van der Waals surface area contributed by atoms with E-state index in [1.54, 1.807) is 29.2 Å². The molecule has 12 heteroatoms. The molecular formula is C22H21ClN8O3. The third-order valence-electron chi connectivity index (χ3n) is 5.40. The maximum atomic E-state index is 12.9. The number of imidazole rings is 1. The van der Waals surface area contributed by atoms with Crippen LogP contribution in [-0.2, 0) is 19.6 Å². The molecule has 5 rings (SSSR count). The summed E-state index contributed by atoms with van der Waals surface area (Å²) in [5.74, 6) is 1.28. The Bertz CT molecular complexity index is 1590. The van der Waals surface area contributed by atoms with Crippen molar-refractivity contribution in [2.75, 3.05) is 0 Å². The number of rotatable bonds is 7. The van der Waals surface area contributed by atoms with Gasteiger partial charge in [-0.05, 0) is 37.6 Å². The van der Waals surface area contributed by atoms with Crippen LogP contribution < -0.4 is 11.2 Å². The Labute approximate surface area is 197 Å². The number of aromatic nitrogens is 8. The van der Waals surface area contributed by atoms with Gasteiger partial charge in [-0.25, -0.2) is 9.78 Å². The second-order valence-corrected chi connectivity index (χ2v) is 8.15. The van der Waals surface area contributed by atoms with Gasteiger partial charge in [0.2, 0.25) is 11.7 Å². The van der Waals surface area contributed by atoms with Crippen molar-refractivity contribution in [3.8, 4) is 22.8 Å². The number of aryl methyl sites for hydroxylation is 1. The normalized spacial score (nSPS) is 11.5. The zero-order valence-electron chi connectivity index (χ0n) is 18.5. The molecule has 0 radical (unpaired) electrons. The Morgan fingerprint density at radius 1 is 1.06 bits per heavy atom. The van der Waals surface area contributed by atoms with E-state index in [2.05, 4.69) is 25.2 Å². The summed E-state index contributed by atoms with van der Waals surface area (Å²) < 4.78 is 9.71. The number of H-pyrrole nitrogens is 1. The van der Waals surface area contributed by atoms with Gasteiger partial charge in [0.1, 0.15) is 17.9 Å². The van der Waals surface area contributed by atoms with Crippen molar-refractivity contribution >= 4 is 22.8 Å². The molecule has 1 aromatic carbocycles. The van der Waals surface area contributed by atoms with Gasteiger partial charge in [-0.15, -0.1) is 0 Å². The van der Waals surface area contributed by atoms with Crippen molar-refractivity contribution < 1.29 is 4.52 Å². The largest absolute Gasteiger partial charge is 0.337 e. The van der Waals surface area contributed by atoms with Crippen LogP contribution >= 0.6 is 11.6 Å². The molecule has 0 unspecified atom stereocenters. The van der Waals surface area contributed by atoms with E-state index in [1.807, 2.05) is 26.0 Å². The Balaban J connectivity index is 1.44. The minimum Gasteiger partial charge on any atom is -0.337 e. The second kappa shape index (κ2) is 8.75. The monoisotopic (exact) mass is 480 g/mol. The van der Waals surface area contributed by atoms with Crippen LogP contribution in [0.25, 0.3) is 33.9 Å². The van der Waals surface area contributed by atoms with Gasteiger partial charge in [-0.3, -0.25) is 18.6 Å². The molecule has 0 bridgehead atoms. The minimum absolute atomic E-state index is 0.254. The van der Waals surface area contributed by atoms with Crippen LogP contribution in [0.3, 0.4) is 0 Å². The molecule has 34 heavy (non-hydrogen) atoms. The van der Waals surface area contributed by atoms with Gasteiger partial charge in [-0.2, -0.15) is 10.1 Å². The fourth-order valence-corrected chi connectivity index (χ4v) is 3.88. The SMILES string of the molecule is CCCn1c(=O)c2[nH]c(-c3cnn(Cc4nc(-c5ccc(Cl)cc5)no4)c3)nc2n(CC)c1=O. The van der Waals surface area contributed by atoms with Crippen LogP contribution in [0.1, 0.15) is 26.2 Å². The third kappa shape index (κ3) is 3.83. The Hall–Kier alpha value is -3.99. The molecule has 0 aliphatic rings. The molecule has 0 aliphatic heterocycles. The Morgan fingerprint density at radius 2 is 1.85 bits per heavy atom. The van der Waals surface area contributed by atoms with Crippen molar-refractivity contribution in [3.05, 3.63) is 68.4 Å². The van der Waals surface area contributed by atoms with Gasteiger partial charge in [0.25, 0.3) is 5.56 Å². The standard InChI is InChI=1S/C22H21ClN8O3/c1-3-9-31-21(32)17-20(30(4-2)22(31)33)27-18(26-17)14-10-24-29(11-14)12-16-25-19(28-34-16)13-5-7-15(23)8-6-13/h5-8,10-11H,3-4,9,12H2,1-2H3,(H,26,27). The van der Waals surface area contributed by atoms with E-state index in [-0.39, 0.29) is 17.8 Å². The fraction of sp³-hybridized carbons (Fsp3) is 0.273. The lowest BCUT2D eigenvalue weighted by Crippen LogP contribution is -2.39. The summed E-state index contributed by atoms with van der Waals surface area (Å²) in [6.45, 7) is 4.76. The van der Waals surface area contributed by atoms with E-state index >= 15 is 0 Å². The van der Waals surface area contributed by atoms with Crippen LogP contribution in [0.5, 0.6) is 0 Å². The number of hydrogen-bond donors (Lipinski definition) is 1. The summed E-state index contributed by atoms with van der Waals surface area (Å²) in [6.07, 6.45) is 4.05.